The summed E-state index contributed by atoms with van der Waals surface area (Å²) < 4.78 is 0. The summed E-state index contributed by atoms with van der Waals surface area (Å²) in [6, 6.07) is 2.57. The van der Waals surface area contributed by atoms with Crippen LogP contribution in [0.25, 0.3) is 0 Å². The van der Waals surface area contributed by atoms with Gasteiger partial charge < -0.3 is 10.6 Å². The second-order valence-corrected chi connectivity index (χ2v) is 4.84. The van der Waals surface area contributed by atoms with Gasteiger partial charge in [0.25, 0.3) is 0 Å². The fourth-order valence-corrected chi connectivity index (χ4v) is 2.32. The number of nitrogen functional groups attached to an aromatic ring is 1. The van der Waals surface area contributed by atoms with Gasteiger partial charge >= 0.3 is 0 Å². The third-order valence-electron chi connectivity index (χ3n) is 3.30. The fourth-order valence-electron chi connectivity index (χ4n) is 2.32. The smallest absolute Gasteiger partial charge is 0.0726 e. The third-order valence-corrected chi connectivity index (χ3v) is 3.30. The van der Waals surface area contributed by atoms with Crippen LogP contribution in [0.1, 0.15) is 38.3 Å². The predicted octanol–water partition coefficient (Wildman–Crippen LogP) is 1.65. The van der Waals surface area contributed by atoms with Gasteiger partial charge in [0.2, 0.25) is 0 Å². The minimum absolute atomic E-state index is 0.493. The van der Waals surface area contributed by atoms with E-state index in [1.807, 2.05) is 6.07 Å². The number of hydrogen-bond donors (Lipinski definition) is 1. The molecule has 4 nitrogen and oxygen atoms in total. The topological polar surface area (TPSA) is 55.0 Å². The van der Waals surface area contributed by atoms with E-state index in [2.05, 4.69) is 28.9 Å². The molecule has 1 aliphatic rings. The van der Waals surface area contributed by atoms with Gasteiger partial charge in [-0.1, -0.05) is 0 Å². The first-order chi connectivity index (χ1) is 7.66. The molecule has 1 fully saturated rings. The van der Waals surface area contributed by atoms with Crippen molar-refractivity contribution in [1.29, 1.82) is 0 Å². The Balaban J connectivity index is 2.09. The summed E-state index contributed by atoms with van der Waals surface area (Å²) in [5, 5.41) is 8.14. The monoisotopic (exact) mass is 220 g/mol. The van der Waals surface area contributed by atoms with Gasteiger partial charge in [0.05, 0.1) is 17.6 Å². The molecule has 2 heterocycles. The van der Waals surface area contributed by atoms with Gasteiger partial charge in [-0.2, -0.15) is 10.2 Å². The molecule has 1 aromatic rings. The van der Waals surface area contributed by atoms with Gasteiger partial charge in [-0.15, -0.1) is 0 Å². The third kappa shape index (κ3) is 2.50. The van der Waals surface area contributed by atoms with E-state index in [9.17, 15) is 0 Å². The highest BCUT2D eigenvalue weighted by Gasteiger charge is 2.24. The summed E-state index contributed by atoms with van der Waals surface area (Å²) in [5.74, 6) is 0.493. The Hall–Kier alpha value is -1.16. The van der Waals surface area contributed by atoms with Gasteiger partial charge in [-0.3, -0.25) is 0 Å². The number of aromatic nitrogens is 2. The standard InChI is InChI=1S/C12H20N4/c1-9(2)16-5-3-4-10(8-16)12-6-11(13)7-14-15-12/h6-7,9-10H,3-5,8H2,1-2H3,(H2,13,15). The van der Waals surface area contributed by atoms with Crippen molar-refractivity contribution in [3.8, 4) is 0 Å². The van der Waals surface area contributed by atoms with Crippen LogP contribution in [-0.4, -0.2) is 34.2 Å². The summed E-state index contributed by atoms with van der Waals surface area (Å²) in [7, 11) is 0. The summed E-state index contributed by atoms with van der Waals surface area (Å²) in [4.78, 5) is 2.50. The zero-order valence-electron chi connectivity index (χ0n) is 10.1. The normalized spacial score (nSPS) is 22.6. The molecule has 16 heavy (non-hydrogen) atoms. The Bertz CT molecular complexity index is 351. The number of anilines is 1. The van der Waals surface area contributed by atoms with Crippen LogP contribution >= 0.6 is 0 Å². The van der Waals surface area contributed by atoms with E-state index < -0.39 is 0 Å². The van der Waals surface area contributed by atoms with Crippen molar-refractivity contribution in [2.45, 2.75) is 38.6 Å². The number of likely N-dealkylation sites (tertiary alicyclic amines) is 1. The van der Waals surface area contributed by atoms with Crippen LogP contribution in [-0.2, 0) is 0 Å². The van der Waals surface area contributed by atoms with Crippen LogP contribution in [0.15, 0.2) is 12.3 Å². The van der Waals surface area contributed by atoms with E-state index in [-0.39, 0.29) is 0 Å². The highest BCUT2D eigenvalue weighted by Crippen LogP contribution is 2.26. The number of hydrogen-bond acceptors (Lipinski definition) is 4. The Kier molecular flexibility index (Phi) is 3.39. The van der Waals surface area contributed by atoms with Gasteiger partial charge in [0, 0.05) is 18.5 Å². The van der Waals surface area contributed by atoms with Crippen LogP contribution in [0, 0.1) is 0 Å². The van der Waals surface area contributed by atoms with Crippen molar-refractivity contribution in [2.24, 2.45) is 0 Å². The van der Waals surface area contributed by atoms with E-state index in [0.29, 0.717) is 17.6 Å². The van der Waals surface area contributed by atoms with Crippen LogP contribution < -0.4 is 5.73 Å². The molecule has 0 spiro atoms. The highest BCUT2D eigenvalue weighted by molar-refractivity contribution is 5.35. The van der Waals surface area contributed by atoms with Gasteiger partial charge in [-0.25, -0.2) is 0 Å². The predicted molar refractivity (Wildman–Crippen MR) is 65.1 cm³/mol. The highest BCUT2D eigenvalue weighted by atomic mass is 15.2. The van der Waals surface area contributed by atoms with Gasteiger partial charge in [0.1, 0.15) is 0 Å². The zero-order valence-corrected chi connectivity index (χ0v) is 10.1. The molecule has 0 amide bonds. The first kappa shape index (κ1) is 11.3. The van der Waals surface area contributed by atoms with Crippen molar-refractivity contribution >= 4 is 5.69 Å². The van der Waals surface area contributed by atoms with E-state index in [4.69, 9.17) is 5.73 Å². The molecule has 2 N–H and O–H groups in total. The minimum Gasteiger partial charge on any atom is -0.397 e. The molecule has 1 atom stereocenters. The average molecular weight is 220 g/mol. The van der Waals surface area contributed by atoms with Gasteiger partial charge in [-0.05, 0) is 39.3 Å². The number of rotatable bonds is 2. The molecule has 0 aromatic carbocycles. The maximum absolute atomic E-state index is 5.74. The van der Waals surface area contributed by atoms with Crippen molar-refractivity contribution in [2.75, 3.05) is 18.8 Å². The first-order valence-electron chi connectivity index (χ1n) is 5.99. The Labute approximate surface area is 96.9 Å². The lowest BCUT2D eigenvalue weighted by atomic mass is 9.93. The molecule has 4 heteroatoms. The van der Waals surface area contributed by atoms with Crippen LogP contribution in [0.4, 0.5) is 5.69 Å². The molecule has 88 valence electrons. The Morgan fingerprint density at radius 3 is 3.00 bits per heavy atom. The Morgan fingerprint density at radius 2 is 2.31 bits per heavy atom. The summed E-state index contributed by atoms with van der Waals surface area (Å²) >= 11 is 0. The second kappa shape index (κ2) is 4.78. The van der Waals surface area contributed by atoms with Crippen LogP contribution in [0.3, 0.4) is 0 Å². The average Bonchev–Trinajstić information content (AvgIpc) is 2.29. The minimum atomic E-state index is 0.493. The lowest BCUT2D eigenvalue weighted by molar-refractivity contribution is 0.166. The second-order valence-electron chi connectivity index (χ2n) is 4.84. The van der Waals surface area contributed by atoms with Gasteiger partial charge in [0.15, 0.2) is 0 Å². The lowest BCUT2D eigenvalue weighted by Crippen LogP contribution is -2.39. The summed E-state index contributed by atoms with van der Waals surface area (Å²) in [6.45, 7) is 6.76. The molecule has 0 aliphatic carbocycles. The van der Waals surface area contributed by atoms with Crippen molar-refractivity contribution in [3.63, 3.8) is 0 Å². The van der Waals surface area contributed by atoms with Crippen molar-refractivity contribution in [1.82, 2.24) is 15.1 Å². The zero-order chi connectivity index (χ0) is 11.5. The van der Waals surface area contributed by atoms with Crippen LogP contribution in [0.5, 0.6) is 0 Å². The Morgan fingerprint density at radius 1 is 1.50 bits per heavy atom. The molecule has 1 aliphatic heterocycles. The van der Waals surface area contributed by atoms with E-state index in [1.165, 1.54) is 19.4 Å². The maximum Gasteiger partial charge on any atom is 0.0726 e. The van der Waals surface area contributed by atoms with Crippen LogP contribution in [0.2, 0.25) is 0 Å². The quantitative estimate of drug-likeness (QED) is 0.823. The van der Waals surface area contributed by atoms with E-state index >= 15 is 0 Å². The molecule has 1 aromatic heterocycles. The maximum atomic E-state index is 5.74. The number of piperidine rings is 1. The van der Waals surface area contributed by atoms with E-state index in [0.717, 1.165) is 12.2 Å². The summed E-state index contributed by atoms with van der Waals surface area (Å²) in [5.41, 5.74) is 7.50. The molecule has 2 rings (SSSR count). The number of nitrogens with two attached hydrogens (primary N) is 1. The molecule has 1 saturated heterocycles. The molecule has 0 saturated carbocycles. The summed E-state index contributed by atoms with van der Waals surface area (Å²) in [6.07, 6.45) is 4.03. The SMILES string of the molecule is CC(C)N1CCCC(c2cc(N)cnn2)C1. The molecular formula is C12H20N4. The molecular weight excluding hydrogens is 200 g/mol. The fraction of sp³-hybridized carbons (Fsp3) is 0.667. The number of nitrogens with zero attached hydrogens (tertiary/aromatic N) is 3. The largest absolute Gasteiger partial charge is 0.397 e. The molecule has 0 radical (unpaired) electrons. The van der Waals surface area contributed by atoms with Crippen molar-refractivity contribution < 1.29 is 0 Å². The first-order valence-corrected chi connectivity index (χ1v) is 5.99. The van der Waals surface area contributed by atoms with E-state index in [1.54, 1.807) is 6.20 Å². The molecule has 1 unspecified atom stereocenters. The molecule has 0 bridgehead atoms. The lowest BCUT2D eigenvalue weighted by Gasteiger charge is -2.35. The van der Waals surface area contributed by atoms with Crippen molar-refractivity contribution in [3.05, 3.63) is 18.0 Å².